The lowest BCUT2D eigenvalue weighted by Gasteiger charge is -2.23. The van der Waals surface area contributed by atoms with Crippen molar-refractivity contribution in [2.45, 2.75) is 57.6 Å². The van der Waals surface area contributed by atoms with Gasteiger partial charge in [-0.15, -0.1) is 11.8 Å². The van der Waals surface area contributed by atoms with Crippen LogP contribution in [0.1, 0.15) is 34.1 Å². The molecule has 0 amide bonds. The fraction of sp³-hybridized carbons (Fsp3) is 0.917. The number of rotatable bonds is 7. The van der Waals surface area contributed by atoms with Crippen LogP contribution in [0.3, 0.4) is 0 Å². The van der Waals surface area contributed by atoms with Gasteiger partial charge in [0.2, 0.25) is 0 Å². The third-order valence-electron chi connectivity index (χ3n) is 2.32. The van der Waals surface area contributed by atoms with Crippen molar-refractivity contribution < 1.29 is 31.5 Å². The highest BCUT2D eigenvalue weighted by molar-refractivity contribution is 8.00. The van der Waals surface area contributed by atoms with Crippen LogP contribution < -0.4 is 0 Å². The number of thioether (sulfide) groups is 1. The Bertz CT molecular complexity index is 315. The van der Waals surface area contributed by atoms with Crippen LogP contribution in [0.2, 0.25) is 0 Å². The smallest absolute Gasteiger partial charge is 0.453 e. The van der Waals surface area contributed by atoms with Gasteiger partial charge in [0, 0.05) is 12.2 Å². The first kappa shape index (κ1) is 19.5. The van der Waals surface area contributed by atoms with Crippen molar-refractivity contribution >= 4 is 17.7 Å². The van der Waals surface area contributed by atoms with Crippen LogP contribution in [0, 0.1) is 5.92 Å². The molecule has 0 heterocycles. The molecule has 120 valence electrons. The molecule has 0 aromatic carbocycles. The number of carbonyl (C=O) groups excluding carboxylic acids is 1. The average molecular weight is 322 g/mol. The quantitative estimate of drug-likeness (QED) is 0.517. The fourth-order valence-corrected chi connectivity index (χ4v) is 2.49. The normalized spacial score (nSPS) is 14.8. The van der Waals surface area contributed by atoms with E-state index in [0.717, 1.165) is 11.8 Å². The second-order valence-corrected chi connectivity index (χ2v) is 6.22. The van der Waals surface area contributed by atoms with Crippen molar-refractivity contribution in [3.8, 4) is 0 Å². The minimum atomic E-state index is -5.56. The van der Waals surface area contributed by atoms with Gasteiger partial charge < -0.3 is 4.74 Å². The van der Waals surface area contributed by atoms with Gasteiger partial charge in [-0.25, -0.2) is 0 Å². The highest BCUT2D eigenvalue weighted by Crippen LogP contribution is 2.39. The summed E-state index contributed by atoms with van der Waals surface area (Å²) < 4.78 is 66.4. The fourth-order valence-electron chi connectivity index (χ4n) is 1.29. The summed E-state index contributed by atoms with van der Waals surface area (Å²) in [5.41, 5.74) is 0. The minimum absolute atomic E-state index is 0.217. The first-order valence-electron chi connectivity index (χ1n) is 6.15. The lowest BCUT2D eigenvalue weighted by molar-refractivity contribution is -0.282. The zero-order valence-corrected chi connectivity index (χ0v) is 12.6. The van der Waals surface area contributed by atoms with E-state index >= 15 is 0 Å². The molecule has 0 aromatic rings. The Balaban J connectivity index is 4.48. The number of carbonyl (C=O) groups is 1. The summed E-state index contributed by atoms with van der Waals surface area (Å²) >= 11 is 0.768. The summed E-state index contributed by atoms with van der Waals surface area (Å²) in [5, 5.41) is -0.749. The van der Waals surface area contributed by atoms with Crippen LogP contribution in [-0.2, 0) is 9.53 Å². The first-order chi connectivity index (χ1) is 8.88. The van der Waals surface area contributed by atoms with Gasteiger partial charge in [-0.3, -0.25) is 4.79 Å². The summed E-state index contributed by atoms with van der Waals surface area (Å²) in [6.45, 7) is 6.64. The topological polar surface area (TPSA) is 26.3 Å². The molecule has 0 bridgehead atoms. The molecule has 0 N–H and O–H groups in total. The molecule has 0 spiro atoms. The Kier molecular flexibility index (Phi) is 7.27. The summed E-state index contributed by atoms with van der Waals surface area (Å²) in [4.78, 5) is 11.7. The van der Waals surface area contributed by atoms with E-state index in [0.29, 0.717) is 0 Å². The van der Waals surface area contributed by atoms with Crippen LogP contribution in [-0.4, -0.2) is 35.2 Å². The highest BCUT2D eigenvalue weighted by atomic mass is 32.2. The molecule has 1 atom stereocenters. The molecule has 0 aliphatic rings. The Morgan fingerprint density at radius 1 is 1.10 bits per heavy atom. The van der Waals surface area contributed by atoms with Crippen LogP contribution >= 0.6 is 11.8 Å². The summed E-state index contributed by atoms with van der Waals surface area (Å²) in [6, 6.07) is 0. The van der Waals surface area contributed by atoms with Crippen molar-refractivity contribution in [2.24, 2.45) is 5.92 Å². The van der Waals surface area contributed by atoms with Crippen molar-refractivity contribution in [2.75, 3.05) is 5.75 Å². The maximum atomic E-state index is 12.7. The van der Waals surface area contributed by atoms with E-state index in [-0.39, 0.29) is 12.0 Å². The van der Waals surface area contributed by atoms with E-state index in [1.807, 2.05) is 0 Å². The third-order valence-corrected chi connectivity index (χ3v) is 3.85. The van der Waals surface area contributed by atoms with E-state index in [9.17, 15) is 26.7 Å². The average Bonchev–Trinajstić information content (AvgIpc) is 2.20. The van der Waals surface area contributed by atoms with Gasteiger partial charge in [0.25, 0.3) is 0 Å². The van der Waals surface area contributed by atoms with Gasteiger partial charge >= 0.3 is 18.1 Å². The number of hydrogen-bond acceptors (Lipinski definition) is 3. The maximum Gasteiger partial charge on any atom is 0.453 e. The molecular weight excluding hydrogens is 303 g/mol. The van der Waals surface area contributed by atoms with Gasteiger partial charge in [-0.2, -0.15) is 22.0 Å². The predicted octanol–water partition coefficient (Wildman–Crippen LogP) is 4.28. The van der Waals surface area contributed by atoms with E-state index < -0.39 is 35.5 Å². The van der Waals surface area contributed by atoms with Gasteiger partial charge in [-0.1, -0.05) is 13.8 Å². The van der Waals surface area contributed by atoms with Gasteiger partial charge in [0.15, 0.2) is 0 Å². The highest BCUT2D eigenvalue weighted by Gasteiger charge is 2.56. The molecule has 0 saturated carbocycles. The zero-order chi connectivity index (χ0) is 16.1. The van der Waals surface area contributed by atoms with Crippen molar-refractivity contribution in [1.82, 2.24) is 0 Å². The molecule has 0 aliphatic heterocycles. The monoisotopic (exact) mass is 322 g/mol. The summed E-state index contributed by atoms with van der Waals surface area (Å²) in [6.07, 6.45) is -7.26. The van der Waals surface area contributed by atoms with Crippen LogP contribution in [0.15, 0.2) is 0 Å². The lowest BCUT2D eigenvalue weighted by Crippen LogP contribution is -2.37. The van der Waals surface area contributed by atoms with Crippen LogP contribution in [0.5, 0.6) is 0 Å². The Labute approximate surface area is 119 Å². The minimum Gasteiger partial charge on any atom is -0.462 e. The lowest BCUT2D eigenvalue weighted by atomic mass is 10.1. The van der Waals surface area contributed by atoms with E-state index in [1.54, 1.807) is 27.7 Å². The second-order valence-electron chi connectivity index (χ2n) is 4.97. The number of alkyl halides is 5. The number of hydrogen-bond donors (Lipinski definition) is 0. The van der Waals surface area contributed by atoms with Gasteiger partial charge in [-0.05, 0) is 19.8 Å². The van der Waals surface area contributed by atoms with E-state index in [4.69, 9.17) is 4.74 Å². The van der Waals surface area contributed by atoms with Crippen LogP contribution in [0.25, 0.3) is 0 Å². The number of esters is 1. The zero-order valence-electron chi connectivity index (χ0n) is 11.8. The molecule has 2 nitrogen and oxygen atoms in total. The molecule has 0 aliphatic carbocycles. The SMILES string of the molecule is CC(C)OC(=O)C(SCCC(F)(F)C(F)(F)F)C(C)C. The van der Waals surface area contributed by atoms with E-state index in [1.165, 1.54) is 0 Å². The molecule has 0 radical (unpaired) electrons. The summed E-state index contributed by atoms with van der Waals surface area (Å²) in [7, 11) is 0. The van der Waals surface area contributed by atoms with Gasteiger partial charge in [0.1, 0.15) is 5.25 Å². The largest absolute Gasteiger partial charge is 0.462 e. The van der Waals surface area contributed by atoms with Gasteiger partial charge in [0.05, 0.1) is 6.10 Å². The third kappa shape index (κ3) is 6.28. The Hall–Kier alpha value is -0.530. The molecule has 1 unspecified atom stereocenters. The molecule has 0 aromatic heterocycles. The van der Waals surface area contributed by atoms with Crippen molar-refractivity contribution in [1.29, 1.82) is 0 Å². The number of ether oxygens (including phenoxy) is 1. The molecule has 8 heteroatoms. The molecule has 20 heavy (non-hydrogen) atoms. The standard InChI is InChI=1S/C12H19F5O2S/c1-7(2)9(10(18)19-8(3)4)20-6-5-11(13,14)12(15,16)17/h7-9H,5-6H2,1-4H3. The Morgan fingerprint density at radius 3 is 1.95 bits per heavy atom. The molecular formula is C12H19F5O2S. The van der Waals surface area contributed by atoms with Crippen LogP contribution in [0.4, 0.5) is 22.0 Å². The molecule has 0 saturated heterocycles. The molecule has 0 rings (SSSR count). The molecule has 0 fully saturated rings. The predicted molar refractivity (Wildman–Crippen MR) is 67.9 cm³/mol. The van der Waals surface area contributed by atoms with Crippen molar-refractivity contribution in [3.05, 3.63) is 0 Å². The second kappa shape index (κ2) is 7.47. The summed E-state index contributed by atoms with van der Waals surface area (Å²) in [5.74, 6) is -6.01. The number of halogens is 5. The van der Waals surface area contributed by atoms with E-state index in [2.05, 4.69) is 0 Å². The van der Waals surface area contributed by atoms with Crippen molar-refractivity contribution in [3.63, 3.8) is 0 Å². The maximum absolute atomic E-state index is 12.7. The Morgan fingerprint density at radius 2 is 1.60 bits per heavy atom. The first-order valence-corrected chi connectivity index (χ1v) is 7.20.